The number of aromatic nitrogens is 3. The van der Waals surface area contributed by atoms with E-state index in [0.29, 0.717) is 12.0 Å². The largest absolute Gasteiger partial charge is 0.350 e. The molecule has 1 spiro atoms. The zero-order valence-corrected chi connectivity index (χ0v) is 13.1. The second-order valence-electron chi connectivity index (χ2n) is 6.66. The van der Waals surface area contributed by atoms with Crippen molar-refractivity contribution in [2.24, 2.45) is 5.41 Å². The summed E-state index contributed by atoms with van der Waals surface area (Å²) < 4.78 is 1.72. The molecule has 3 N–H and O–H groups in total. The van der Waals surface area contributed by atoms with Gasteiger partial charge in [0, 0.05) is 31.0 Å². The summed E-state index contributed by atoms with van der Waals surface area (Å²) in [5.41, 5.74) is 2.04. The summed E-state index contributed by atoms with van der Waals surface area (Å²) in [5.74, 6) is 0.0793. The minimum atomic E-state index is -0.0807. The molecule has 0 aromatic carbocycles. The Morgan fingerprint density at radius 3 is 3.17 bits per heavy atom. The van der Waals surface area contributed by atoms with Crippen LogP contribution in [0.1, 0.15) is 24.8 Å². The van der Waals surface area contributed by atoms with Crippen molar-refractivity contribution in [1.82, 2.24) is 30.5 Å². The first kappa shape index (κ1) is 14.6. The van der Waals surface area contributed by atoms with Gasteiger partial charge in [0.25, 0.3) is 0 Å². The summed E-state index contributed by atoms with van der Waals surface area (Å²) in [6.45, 7) is 3.53. The summed E-state index contributed by atoms with van der Waals surface area (Å²) in [6, 6.07) is 1.76. The normalized spacial score (nSPS) is 23.4. The van der Waals surface area contributed by atoms with Crippen molar-refractivity contribution in [3.05, 3.63) is 30.2 Å². The summed E-state index contributed by atoms with van der Waals surface area (Å²) in [6.07, 6.45) is 8.60. The second kappa shape index (κ2) is 5.90. The number of hydrogen-bond donors (Lipinski definition) is 3. The lowest BCUT2D eigenvalue weighted by molar-refractivity contribution is -0.123. The number of hydrogen-bond acceptors (Lipinski definition) is 5. The maximum Gasteiger partial charge on any atom is 0.237 e. The molecule has 7 nitrogen and oxygen atoms in total. The van der Waals surface area contributed by atoms with Crippen molar-refractivity contribution in [3.63, 3.8) is 0 Å². The molecular weight excluding hydrogens is 292 g/mol. The van der Waals surface area contributed by atoms with E-state index in [2.05, 4.69) is 26.0 Å². The van der Waals surface area contributed by atoms with Gasteiger partial charge < -0.3 is 16.0 Å². The molecule has 0 unspecified atom stereocenters. The second-order valence-corrected chi connectivity index (χ2v) is 6.66. The number of carbonyl (C=O) groups excluding carboxylic acids is 1. The molecule has 2 aliphatic heterocycles. The van der Waals surface area contributed by atoms with E-state index in [1.54, 1.807) is 16.9 Å². The van der Waals surface area contributed by atoms with Crippen LogP contribution in [0.2, 0.25) is 0 Å². The van der Waals surface area contributed by atoms with Gasteiger partial charge in [-0.3, -0.25) is 4.79 Å². The Hall–Kier alpha value is -1.99. The molecule has 1 amide bonds. The van der Waals surface area contributed by atoms with Gasteiger partial charge in [-0.1, -0.05) is 0 Å². The predicted molar refractivity (Wildman–Crippen MR) is 85.8 cm³/mol. The molecule has 122 valence electrons. The van der Waals surface area contributed by atoms with Crippen LogP contribution in [-0.2, 0) is 11.3 Å². The quantitative estimate of drug-likeness (QED) is 0.747. The molecular formula is C16H22N6O. The molecule has 0 saturated carbocycles. The van der Waals surface area contributed by atoms with E-state index >= 15 is 0 Å². The Morgan fingerprint density at radius 1 is 1.43 bits per heavy atom. The molecule has 7 heteroatoms. The molecule has 0 aliphatic carbocycles. The number of fused-ring (bicyclic) bond motifs is 1. The Bertz CT molecular complexity index is 705. The first-order chi connectivity index (χ1) is 11.3. The van der Waals surface area contributed by atoms with Crippen LogP contribution in [0, 0.1) is 5.41 Å². The minimum Gasteiger partial charge on any atom is -0.350 e. The van der Waals surface area contributed by atoms with Crippen LogP contribution < -0.4 is 16.0 Å². The van der Waals surface area contributed by atoms with Crippen LogP contribution in [0.15, 0.2) is 24.7 Å². The third-order valence-electron chi connectivity index (χ3n) is 5.15. The molecule has 23 heavy (non-hydrogen) atoms. The van der Waals surface area contributed by atoms with Gasteiger partial charge in [0.05, 0.1) is 12.2 Å². The lowest BCUT2D eigenvalue weighted by atomic mass is 9.77. The third kappa shape index (κ3) is 2.82. The highest BCUT2D eigenvalue weighted by atomic mass is 16.2. The Balaban J connectivity index is 1.37. The third-order valence-corrected chi connectivity index (χ3v) is 5.15. The molecule has 2 fully saturated rings. The topological polar surface area (TPSA) is 83.4 Å². The lowest BCUT2D eigenvalue weighted by Crippen LogP contribution is -2.40. The van der Waals surface area contributed by atoms with Gasteiger partial charge in [0.15, 0.2) is 5.65 Å². The van der Waals surface area contributed by atoms with E-state index in [1.165, 1.54) is 0 Å². The van der Waals surface area contributed by atoms with Crippen molar-refractivity contribution < 1.29 is 4.79 Å². The van der Waals surface area contributed by atoms with Crippen LogP contribution in [-0.4, -0.2) is 46.2 Å². The molecule has 2 aromatic rings. The summed E-state index contributed by atoms with van der Waals surface area (Å²) in [4.78, 5) is 16.8. The van der Waals surface area contributed by atoms with E-state index in [1.807, 2.05) is 12.3 Å². The van der Waals surface area contributed by atoms with E-state index in [4.69, 9.17) is 0 Å². The average molecular weight is 314 g/mol. The summed E-state index contributed by atoms with van der Waals surface area (Å²) in [7, 11) is 0. The fraction of sp³-hybridized carbons (Fsp3) is 0.562. The van der Waals surface area contributed by atoms with Crippen LogP contribution in [0.4, 0.5) is 0 Å². The van der Waals surface area contributed by atoms with Gasteiger partial charge in [-0.25, -0.2) is 9.50 Å². The molecule has 1 atom stereocenters. The maximum absolute atomic E-state index is 12.5. The maximum atomic E-state index is 12.5. The summed E-state index contributed by atoms with van der Waals surface area (Å²) >= 11 is 0. The average Bonchev–Trinajstić information content (AvgIpc) is 3.18. The van der Waals surface area contributed by atoms with Gasteiger partial charge in [-0.2, -0.15) is 5.10 Å². The van der Waals surface area contributed by atoms with Crippen LogP contribution in [0.3, 0.4) is 0 Å². The Morgan fingerprint density at radius 2 is 2.30 bits per heavy atom. The van der Waals surface area contributed by atoms with Crippen LogP contribution >= 0.6 is 0 Å². The summed E-state index contributed by atoms with van der Waals surface area (Å²) in [5, 5.41) is 14.1. The van der Waals surface area contributed by atoms with E-state index in [-0.39, 0.29) is 11.9 Å². The molecule has 4 heterocycles. The first-order valence-corrected chi connectivity index (χ1v) is 8.25. The number of rotatable bonds is 3. The number of carbonyl (C=O) groups is 1. The highest BCUT2D eigenvalue weighted by Gasteiger charge is 2.41. The molecule has 2 saturated heterocycles. The fourth-order valence-electron chi connectivity index (χ4n) is 3.75. The Kier molecular flexibility index (Phi) is 3.74. The SMILES string of the molecule is O=C(NCc1cnn2cccnc12)[C@@H]1CC2(CCNCC2)CN1. The van der Waals surface area contributed by atoms with Crippen molar-refractivity contribution in [2.45, 2.75) is 31.8 Å². The van der Waals surface area contributed by atoms with Crippen molar-refractivity contribution >= 4 is 11.6 Å². The van der Waals surface area contributed by atoms with E-state index < -0.39 is 0 Å². The van der Waals surface area contributed by atoms with E-state index in [0.717, 1.165) is 50.1 Å². The minimum absolute atomic E-state index is 0.0793. The molecule has 0 radical (unpaired) electrons. The lowest BCUT2D eigenvalue weighted by Gasteiger charge is -2.33. The monoisotopic (exact) mass is 314 g/mol. The number of nitrogens with one attached hydrogen (secondary N) is 3. The molecule has 2 aliphatic rings. The van der Waals surface area contributed by atoms with Crippen LogP contribution in [0.5, 0.6) is 0 Å². The van der Waals surface area contributed by atoms with Crippen LogP contribution in [0.25, 0.3) is 5.65 Å². The van der Waals surface area contributed by atoms with Crippen molar-refractivity contribution in [2.75, 3.05) is 19.6 Å². The van der Waals surface area contributed by atoms with Gasteiger partial charge in [0.2, 0.25) is 5.91 Å². The standard InChI is InChI=1S/C16H22N6O/c23-15(13-8-16(11-20-13)2-5-17-6-3-16)19-9-12-10-21-22-7-1-4-18-14(12)22/h1,4,7,10,13,17,20H,2-3,5-6,8-9,11H2,(H,19,23)/t13-/m0/s1. The number of piperidine rings is 1. The van der Waals surface area contributed by atoms with Gasteiger partial charge in [-0.05, 0) is 43.8 Å². The van der Waals surface area contributed by atoms with Gasteiger partial charge in [-0.15, -0.1) is 0 Å². The number of nitrogens with zero attached hydrogens (tertiary/aromatic N) is 3. The van der Waals surface area contributed by atoms with Gasteiger partial charge in [0.1, 0.15) is 0 Å². The fourth-order valence-corrected chi connectivity index (χ4v) is 3.75. The molecule has 4 rings (SSSR count). The smallest absolute Gasteiger partial charge is 0.237 e. The zero-order valence-electron chi connectivity index (χ0n) is 13.1. The highest BCUT2D eigenvalue weighted by Crippen LogP contribution is 2.37. The van der Waals surface area contributed by atoms with Crippen molar-refractivity contribution in [3.8, 4) is 0 Å². The highest BCUT2D eigenvalue weighted by molar-refractivity contribution is 5.82. The Labute approximate surface area is 134 Å². The number of amides is 1. The predicted octanol–water partition coefficient (Wildman–Crippen LogP) is 0.0772. The molecule has 0 bridgehead atoms. The molecule has 2 aromatic heterocycles. The first-order valence-electron chi connectivity index (χ1n) is 8.25. The van der Waals surface area contributed by atoms with Crippen molar-refractivity contribution in [1.29, 1.82) is 0 Å². The zero-order chi connectivity index (χ0) is 15.7. The van der Waals surface area contributed by atoms with Gasteiger partial charge >= 0.3 is 0 Å². The van der Waals surface area contributed by atoms with E-state index in [9.17, 15) is 4.79 Å².